The van der Waals surface area contributed by atoms with Gasteiger partial charge in [0, 0.05) is 26.1 Å². The number of urea groups is 1. The van der Waals surface area contributed by atoms with E-state index in [0.717, 1.165) is 13.0 Å². The SMILES string of the molecule is CCCN1CC(CCC(=O)O)CNC1=O. The van der Waals surface area contributed by atoms with Gasteiger partial charge in [0.05, 0.1) is 0 Å². The number of nitrogens with zero attached hydrogens (tertiary/aromatic N) is 1. The molecule has 0 aliphatic carbocycles. The number of nitrogens with one attached hydrogen (secondary N) is 1. The van der Waals surface area contributed by atoms with Gasteiger partial charge in [0.15, 0.2) is 0 Å². The summed E-state index contributed by atoms with van der Waals surface area (Å²) in [5.41, 5.74) is 0. The summed E-state index contributed by atoms with van der Waals surface area (Å²) in [5, 5.41) is 11.3. The maximum Gasteiger partial charge on any atom is 0.317 e. The van der Waals surface area contributed by atoms with Crippen molar-refractivity contribution >= 4 is 12.0 Å². The van der Waals surface area contributed by atoms with Crippen LogP contribution in [0.5, 0.6) is 0 Å². The summed E-state index contributed by atoms with van der Waals surface area (Å²) >= 11 is 0. The highest BCUT2D eigenvalue weighted by Crippen LogP contribution is 2.12. The van der Waals surface area contributed by atoms with Crippen molar-refractivity contribution < 1.29 is 14.7 Å². The molecule has 0 aromatic heterocycles. The van der Waals surface area contributed by atoms with Crippen LogP contribution in [-0.4, -0.2) is 41.6 Å². The smallest absolute Gasteiger partial charge is 0.317 e. The lowest BCUT2D eigenvalue weighted by Gasteiger charge is -2.32. The third-order valence-electron chi connectivity index (χ3n) is 2.57. The maximum absolute atomic E-state index is 11.4. The lowest BCUT2D eigenvalue weighted by molar-refractivity contribution is -0.137. The van der Waals surface area contributed by atoms with Crippen LogP contribution in [0.2, 0.25) is 0 Å². The molecule has 2 amide bonds. The van der Waals surface area contributed by atoms with Gasteiger partial charge in [-0.15, -0.1) is 0 Å². The molecular formula is C10H18N2O3. The summed E-state index contributed by atoms with van der Waals surface area (Å²) in [7, 11) is 0. The van der Waals surface area contributed by atoms with Crippen LogP contribution in [0.4, 0.5) is 4.79 Å². The molecule has 1 fully saturated rings. The number of hydrogen-bond donors (Lipinski definition) is 2. The topological polar surface area (TPSA) is 69.6 Å². The van der Waals surface area contributed by atoms with Crippen LogP contribution in [0, 0.1) is 5.92 Å². The molecule has 0 saturated carbocycles. The molecule has 1 atom stereocenters. The predicted molar refractivity (Wildman–Crippen MR) is 55.6 cm³/mol. The normalized spacial score (nSPS) is 21.3. The van der Waals surface area contributed by atoms with Gasteiger partial charge in [0.1, 0.15) is 0 Å². The van der Waals surface area contributed by atoms with Crippen LogP contribution in [-0.2, 0) is 4.79 Å². The number of carboxylic acid groups (broad SMARTS) is 1. The second-order valence-electron chi connectivity index (χ2n) is 3.93. The Hall–Kier alpha value is -1.26. The average molecular weight is 214 g/mol. The molecule has 1 saturated heterocycles. The van der Waals surface area contributed by atoms with E-state index in [2.05, 4.69) is 5.32 Å². The van der Waals surface area contributed by atoms with E-state index in [1.54, 1.807) is 4.90 Å². The number of hydrogen-bond acceptors (Lipinski definition) is 2. The molecule has 1 rings (SSSR count). The zero-order valence-corrected chi connectivity index (χ0v) is 9.03. The van der Waals surface area contributed by atoms with Gasteiger partial charge >= 0.3 is 12.0 Å². The summed E-state index contributed by atoms with van der Waals surface area (Å²) in [6.45, 7) is 4.06. The van der Waals surface area contributed by atoms with Crippen molar-refractivity contribution in [2.24, 2.45) is 5.92 Å². The Morgan fingerprint density at radius 3 is 3.00 bits per heavy atom. The van der Waals surface area contributed by atoms with E-state index in [1.807, 2.05) is 6.92 Å². The molecule has 1 aliphatic heterocycles. The Labute approximate surface area is 89.4 Å². The van der Waals surface area contributed by atoms with Crippen LogP contribution < -0.4 is 5.32 Å². The molecule has 15 heavy (non-hydrogen) atoms. The van der Waals surface area contributed by atoms with Gasteiger partial charge in [-0.25, -0.2) is 4.79 Å². The highest BCUT2D eigenvalue weighted by Gasteiger charge is 2.24. The van der Waals surface area contributed by atoms with E-state index in [4.69, 9.17) is 5.11 Å². The number of amides is 2. The number of aliphatic carboxylic acids is 1. The van der Waals surface area contributed by atoms with Gasteiger partial charge in [-0.05, 0) is 18.8 Å². The molecule has 5 nitrogen and oxygen atoms in total. The van der Waals surface area contributed by atoms with E-state index in [-0.39, 0.29) is 18.4 Å². The number of carbonyl (C=O) groups is 2. The molecular weight excluding hydrogens is 196 g/mol. The molecule has 1 heterocycles. The van der Waals surface area contributed by atoms with Crippen molar-refractivity contribution in [3.8, 4) is 0 Å². The predicted octanol–water partition coefficient (Wildman–Crippen LogP) is 0.903. The monoisotopic (exact) mass is 214 g/mol. The van der Waals surface area contributed by atoms with Crippen LogP contribution in [0.3, 0.4) is 0 Å². The van der Waals surface area contributed by atoms with E-state index in [9.17, 15) is 9.59 Å². The van der Waals surface area contributed by atoms with Crippen LogP contribution in [0.1, 0.15) is 26.2 Å². The minimum atomic E-state index is -0.769. The second kappa shape index (κ2) is 5.58. The highest BCUT2D eigenvalue weighted by atomic mass is 16.4. The Morgan fingerprint density at radius 1 is 1.67 bits per heavy atom. The first-order chi connectivity index (χ1) is 7.13. The first-order valence-corrected chi connectivity index (χ1v) is 5.38. The van der Waals surface area contributed by atoms with Crippen molar-refractivity contribution in [3.05, 3.63) is 0 Å². The molecule has 0 aromatic carbocycles. The van der Waals surface area contributed by atoms with Gasteiger partial charge in [0.25, 0.3) is 0 Å². The molecule has 0 aromatic rings. The minimum Gasteiger partial charge on any atom is -0.481 e. The third kappa shape index (κ3) is 3.77. The molecule has 5 heteroatoms. The molecule has 0 bridgehead atoms. The van der Waals surface area contributed by atoms with Crippen LogP contribution >= 0.6 is 0 Å². The average Bonchev–Trinajstić information content (AvgIpc) is 2.19. The Morgan fingerprint density at radius 2 is 2.40 bits per heavy atom. The summed E-state index contributed by atoms with van der Waals surface area (Å²) in [6.07, 6.45) is 1.75. The van der Waals surface area contributed by atoms with Gasteiger partial charge in [0.2, 0.25) is 0 Å². The summed E-state index contributed by atoms with van der Waals surface area (Å²) < 4.78 is 0. The maximum atomic E-state index is 11.4. The zero-order chi connectivity index (χ0) is 11.3. The fourth-order valence-corrected chi connectivity index (χ4v) is 1.79. The summed E-state index contributed by atoms with van der Waals surface area (Å²) in [6, 6.07) is -0.0246. The van der Waals surface area contributed by atoms with Gasteiger partial charge < -0.3 is 15.3 Å². The molecule has 0 radical (unpaired) electrons. The first-order valence-electron chi connectivity index (χ1n) is 5.38. The van der Waals surface area contributed by atoms with E-state index >= 15 is 0 Å². The van der Waals surface area contributed by atoms with Crippen LogP contribution in [0.25, 0.3) is 0 Å². The van der Waals surface area contributed by atoms with E-state index in [1.165, 1.54) is 0 Å². The number of carbonyl (C=O) groups excluding carboxylic acids is 1. The lowest BCUT2D eigenvalue weighted by atomic mass is 10.0. The molecule has 1 aliphatic rings. The van der Waals surface area contributed by atoms with Crippen molar-refractivity contribution in [2.75, 3.05) is 19.6 Å². The molecule has 1 unspecified atom stereocenters. The van der Waals surface area contributed by atoms with Gasteiger partial charge in [-0.1, -0.05) is 6.92 Å². The van der Waals surface area contributed by atoms with Crippen molar-refractivity contribution in [1.82, 2.24) is 10.2 Å². The fourth-order valence-electron chi connectivity index (χ4n) is 1.79. The molecule has 86 valence electrons. The quantitative estimate of drug-likeness (QED) is 0.714. The standard InChI is InChI=1S/C10H18N2O3/c1-2-5-12-7-8(3-4-9(13)14)6-11-10(12)15/h8H,2-7H2,1H3,(H,11,15)(H,13,14). The number of carboxylic acids is 1. The van der Waals surface area contributed by atoms with Crippen molar-refractivity contribution in [2.45, 2.75) is 26.2 Å². The van der Waals surface area contributed by atoms with Gasteiger partial charge in [-0.3, -0.25) is 4.79 Å². The van der Waals surface area contributed by atoms with E-state index in [0.29, 0.717) is 19.5 Å². The summed E-state index contributed by atoms with van der Waals surface area (Å²) in [5.74, 6) is -0.501. The highest BCUT2D eigenvalue weighted by molar-refractivity contribution is 5.75. The zero-order valence-electron chi connectivity index (χ0n) is 9.03. The third-order valence-corrected chi connectivity index (χ3v) is 2.57. The molecule has 0 spiro atoms. The molecule has 2 N–H and O–H groups in total. The largest absolute Gasteiger partial charge is 0.481 e. The Kier molecular flexibility index (Phi) is 4.39. The fraction of sp³-hybridized carbons (Fsp3) is 0.800. The summed E-state index contributed by atoms with van der Waals surface area (Å²) in [4.78, 5) is 23.5. The van der Waals surface area contributed by atoms with Crippen molar-refractivity contribution in [3.63, 3.8) is 0 Å². The first kappa shape index (κ1) is 11.8. The van der Waals surface area contributed by atoms with Crippen LogP contribution in [0.15, 0.2) is 0 Å². The number of rotatable bonds is 5. The second-order valence-corrected chi connectivity index (χ2v) is 3.93. The van der Waals surface area contributed by atoms with Gasteiger partial charge in [-0.2, -0.15) is 0 Å². The minimum absolute atomic E-state index is 0.0246. The van der Waals surface area contributed by atoms with E-state index < -0.39 is 5.97 Å². The Bertz CT molecular complexity index is 243. The Balaban J connectivity index is 2.36. The lowest BCUT2D eigenvalue weighted by Crippen LogP contribution is -2.51. The van der Waals surface area contributed by atoms with Crippen molar-refractivity contribution in [1.29, 1.82) is 0 Å².